The van der Waals surface area contributed by atoms with Crippen LogP contribution in [0.5, 0.6) is 0 Å². The van der Waals surface area contributed by atoms with Crippen molar-refractivity contribution in [3.63, 3.8) is 0 Å². The van der Waals surface area contributed by atoms with E-state index in [1.807, 2.05) is 0 Å². The lowest BCUT2D eigenvalue weighted by Crippen LogP contribution is -2.00. The number of hydrogen-bond acceptors (Lipinski definition) is 2. The molecule has 0 atom stereocenters. The van der Waals surface area contributed by atoms with E-state index < -0.39 is 5.97 Å². The van der Waals surface area contributed by atoms with Crippen LogP contribution >= 0.6 is 15.9 Å². The molecule has 0 fully saturated rings. The minimum Gasteiger partial charge on any atom is -0.478 e. The highest BCUT2D eigenvalue weighted by atomic mass is 79.9. The maximum Gasteiger partial charge on any atom is 0.339 e. The molecule has 5 heteroatoms. The third kappa shape index (κ3) is 1.31. The highest BCUT2D eigenvalue weighted by molar-refractivity contribution is 9.10. The van der Waals surface area contributed by atoms with E-state index in [-0.39, 0.29) is 5.56 Å². The Bertz CT molecular complexity index is 478. The number of halogens is 1. The van der Waals surface area contributed by atoms with Crippen LogP contribution in [0.2, 0.25) is 0 Å². The zero-order valence-corrected chi connectivity index (χ0v) is 8.02. The molecule has 0 saturated heterocycles. The third-order valence-corrected chi connectivity index (χ3v) is 2.12. The third-order valence-electron chi connectivity index (χ3n) is 1.68. The number of imidazole rings is 1. The molecule has 0 aliphatic carbocycles. The molecule has 2 aromatic heterocycles. The van der Waals surface area contributed by atoms with Gasteiger partial charge in [-0.25, -0.2) is 9.78 Å². The van der Waals surface area contributed by atoms with Crippen LogP contribution in [0, 0.1) is 0 Å². The Morgan fingerprint density at radius 2 is 2.38 bits per heavy atom. The fourth-order valence-electron chi connectivity index (χ4n) is 1.16. The highest BCUT2D eigenvalue weighted by Crippen LogP contribution is 2.16. The standard InChI is InChI=1S/C8H5BrN2O2/c9-5-3-6(8(12)13)7-10-1-2-11(7)4-5/h1-4H,(H,12,13). The molecule has 4 nitrogen and oxygen atoms in total. The van der Waals surface area contributed by atoms with Crippen LogP contribution in [0.15, 0.2) is 29.1 Å². The monoisotopic (exact) mass is 240 g/mol. The molecule has 1 N–H and O–H groups in total. The summed E-state index contributed by atoms with van der Waals surface area (Å²) in [6.45, 7) is 0. The Kier molecular flexibility index (Phi) is 1.81. The first-order chi connectivity index (χ1) is 6.18. The first kappa shape index (κ1) is 8.25. The minimum atomic E-state index is -0.975. The van der Waals surface area contributed by atoms with Gasteiger partial charge in [-0.2, -0.15) is 0 Å². The Morgan fingerprint density at radius 3 is 3.08 bits per heavy atom. The number of fused-ring (bicyclic) bond motifs is 1. The van der Waals surface area contributed by atoms with Crippen molar-refractivity contribution >= 4 is 27.5 Å². The Morgan fingerprint density at radius 1 is 1.62 bits per heavy atom. The number of hydrogen-bond donors (Lipinski definition) is 1. The van der Waals surface area contributed by atoms with Gasteiger partial charge in [0.05, 0.1) is 0 Å². The average Bonchev–Trinajstić information content (AvgIpc) is 2.49. The first-order valence-electron chi connectivity index (χ1n) is 3.54. The van der Waals surface area contributed by atoms with Gasteiger partial charge in [-0.05, 0) is 22.0 Å². The highest BCUT2D eigenvalue weighted by Gasteiger charge is 2.10. The second kappa shape index (κ2) is 2.85. The molecule has 0 radical (unpaired) electrons. The van der Waals surface area contributed by atoms with Crippen molar-refractivity contribution in [2.75, 3.05) is 0 Å². The summed E-state index contributed by atoms with van der Waals surface area (Å²) in [5, 5.41) is 8.85. The van der Waals surface area contributed by atoms with E-state index in [2.05, 4.69) is 20.9 Å². The molecule has 2 rings (SSSR count). The molecule has 0 amide bonds. The van der Waals surface area contributed by atoms with E-state index in [9.17, 15) is 4.79 Å². The second-order valence-electron chi connectivity index (χ2n) is 2.54. The molecular weight excluding hydrogens is 236 g/mol. The van der Waals surface area contributed by atoms with Gasteiger partial charge in [0.15, 0.2) is 5.65 Å². The minimum absolute atomic E-state index is 0.194. The van der Waals surface area contributed by atoms with Gasteiger partial charge in [0.25, 0.3) is 0 Å². The van der Waals surface area contributed by atoms with Crippen molar-refractivity contribution in [3.05, 3.63) is 34.7 Å². The normalized spacial score (nSPS) is 10.5. The van der Waals surface area contributed by atoms with Crippen LogP contribution < -0.4 is 0 Å². The van der Waals surface area contributed by atoms with Gasteiger partial charge >= 0.3 is 5.97 Å². The molecule has 13 heavy (non-hydrogen) atoms. The number of carboxylic acids is 1. The topological polar surface area (TPSA) is 54.6 Å². The zero-order chi connectivity index (χ0) is 9.42. The average molecular weight is 241 g/mol. The molecule has 0 saturated carbocycles. The molecular formula is C8H5BrN2O2. The van der Waals surface area contributed by atoms with Gasteiger partial charge in [0, 0.05) is 23.1 Å². The summed E-state index contributed by atoms with van der Waals surface area (Å²) >= 11 is 3.22. The lowest BCUT2D eigenvalue weighted by atomic mass is 10.3. The number of aromatic nitrogens is 2. The molecule has 0 aromatic carbocycles. The number of aromatic carboxylic acids is 1. The van der Waals surface area contributed by atoms with E-state index in [1.54, 1.807) is 23.0 Å². The maximum atomic E-state index is 10.8. The molecule has 2 aromatic rings. The predicted molar refractivity (Wildman–Crippen MR) is 49.9 cm³/mol. The summed E-state index contributed by atoms with van der Waals surface area (Å²) in [5.41, 5.74) is 0.648. The number of rotatable bonds is 1. The van der Waals surface area contributed by atoms with Crippen LogP contribution in [0.25, 0.3) is 5.65 Å². The first-order valence-corrected chi connectivity index (χ1v) is 4.33. The summed E-state index contributed by atoms with van der Waals surface area (Å²) in [7, 11) is 0. The van der Waals surface area contributed by atoms with Gasteiger partial charge in [0.1, 0.15) is 5.56 Å². The largest absolute Gasteiger partial charge is 0.478 e. The van der Waals surface area contributed by atoms with Gasteiger partial charge < -0.3 is 9.51 Å². The fraction of sp³-hybridized carbons (Fsp3) is 0. The van der Waals surface area contributed by atoms with Gasteiger partial charge in [0.2, 0.25) is 0 Å². The smallest absolute Gasteiger partial charge is 0.339 e. The summed E-state index contributed by atoms with van der Waals surface area (Å²) < 4.78 is 2.38. The van der Waals surface area contributed by atoms with Gasteiger partial charge in [-0.1, -0.05) is 0 Å². The Balaban J connectivity index is 2.84. The Hall–Kier alpha value is -1.36. The van der Waals surface area contributed by atoms with Crippen LogP contribution in [0.1, 0.15) is 10.4 Å². The maximum absolute atomic E-state index is 10.8. The van der Waals surface area contributed by atoms with Crippen molar-refractivity contribution in [2.24, 2.45) is 0 Å². The predicted octanol–water partition coefficient (Wildman–Crippen LogP) is 1.79. The van der Waals surface area contributed by atoms with Crippen LogP contribution in [0.3, 0.4) is 0 Å². The number of carboxylic acid groups (broad SMARTS) is 1. The lowest BCUT2D eigenvalue weighted by Gasteiger charge is -1.99. The van der Waals surface area contributed by atoms with E-state index in [0.717, 1.165) is 4.47 Å². The van der Waals surface area contributed by atoms with E-state index >= 15 is 0 Å². The summed E-state index contributed by atoms with van der Waals surface area (Å²) in [4.78, 5) is 14.7. The van der Waals surface area contributed by atoms with Crippen LogP contribution in [-0.4, -0.2) is 20.5 Å². The molecule has 66 valence electrons. The van der Waals surface area contributed by atoms with Crippen LogP contribution in [-0.2, 0) is 0 Å². The summed E-state index contributed by atoms with van der Waals surface area (Å²) in [6, 6.07) is 1.53. The molecule has 0 aliphatic heterocycles. The fourth-order valence-corrected chi connectivity index (χ4v) is 1.61. The van der Waals surface area contributed by atoms with Gasteiger partial charge in [-0.3, -0.25) is 0 Å². The second-order valence-corrected chi connectivity index (χ2v) is 3.45. The number of pyridine rings is 1. The molecule has 0 aliphatic rings. The zero-order valence-electron chi connectivity index (χ0n) is 6.44. The number of carbonyl (C=O) groups is 1. The van der Waals surface area contributed by atoms with Crippen molar-refractivity contribution in [1.29, 1.82) is 0 Å². The van der Waals surface area contributed by atoms with Crippen molar-refractivity contribution in [1.82, 2.24) is 9.38 Å². The molecule has 0 bridgehead atoms. The Labute approximate surface area is 82.0 Å². The molecule has 0 unspecified atom stereocenters. The van der Waals surface area contributed by atoms with Gasteiger partial charge in [-0.15, -0.1) is 0 Å². The van der Waals surface area contributed by atoms with E-state index in [1.165, 1.54) is 6.07 Å². The molecule has 2 heterocycles. The van der Waals surface area contributed by atoms with Crippen molar-refractivity contribution < 1.29 is 9.90 Å². The quantitative estimate of drug-likeness (QED) is 0.828. The van der Waals surface area contributed by atoms with E-state index in [4.69, 9.17) is 5.11 Å². The van der Waals surface area contributed by atoms with Crippen LogP contribution in [0.4, 0.5) is 0 Å². The number of nitrogens with zero attached hydrogens (tertiary/aromatic N) is 2. The summed E-state index contributed by atoms with van der Waals surface area (Å²) in [5.74, 6) is -0.975. The van der Waals surface area contributed by atoms with E-state index in [0.29, 0.717) is 5.65 Å². The molecule has 0 spiro atoms. The lowest BCUT2D eigenvalue weighted by molar-refractivity contribution is 0.0698. The summed E-state index contributed by atoms with van der Waals surface area (Å²) in [6.07, 6.45) is 5.02. The SMILES string of the molecule is O=C(O)c1cc(Br)cn2ccnc12. The van der Waals surface area contributed by atoms with Crippen molar-refractivity contribution in [3.8, 4) is 0 Å². The van der Waals surface area contributed by atoms with Crippen molar-refractivity contribution in [2.45, 2.75) is 0 Å².